The third-order valence-corrected chi connectivity index (χ3v) is 4.31. The smallest absolute Gasteiger partial charge is 0.277 e. The van der Waals surface area contributed by atoms with Crippen LogP contribution in [0.15, 0.2) is 9.64 Å². The standard InChI is InChI=1S/C13H24N4O2S/c1-5-9(4)11(14)12-15-16-13(19-12)20-8-10(18)17(6-2)7-3/h9,11H,5-8,14H2,1-4H3/p+1/t9-,11+/m1/s1. The fraction of sp³-hybridized carbons (Fsp3) is 0.769. The van der Waals surface area contributed by atoms with Gasteiger partial charge < -0.3 is 15.1 Å². The Morgan fingerprint density at radius 1 is 1.35 bits per heavy atom. The fourth-order valence-electron chi connectivity index (χ4n) is 1.75. The van der Waals surface area contributed by atoms with Crippen LogP contribution in [0.5, 0.6) is 0 Å². The average molecular weight is 301 g/mol. The summed E-state index contributed by atoms with van der Waals surface area (Å²) in [4.78, 5) is 13.7. The fourth-order valence-corrected chi connectivity index (χ4v) is 2.42. The van der Waals surface area contributed by atoms with E-state index >= 15 is 0 Å². The van der Waals surface area contributed by atoms with Crippen LogP contribution in [-0.2, 0) is 4.79 Å². The average Bonchev–Trinajstić information content (AvgIpc) is 2.93. The molecule has 1 aromatic heterocycles. The summed E-state index contributed by atoms with van der Waals surface area (Å²) in [5, 5.41) is 8.44. The Kier molecular flexibility index (Phi) is 7.01. The number of hydrogen-bond donors (Lipinski definition) is 1. The molecule has 0 unspecified atom stereocenters. The largest absolute Gasteiger partial charge is 0.410 e. The van der Waals surface area contributed by atoms with E-state index in [-0.39, 0.29) is 11.9 Å². The Morgan fingerprint density at radius 3 is 2.55 bits per heavy atom. The third-order valence-electron chi connectivity index (χ3n) is 3.51. The first-order valence-corrected chi connectivity index (χ1v) is 8.08. The first kappa shape index (κ1) is 17.0. The highest BCUT2D eigenvalue weighted by molar-refractivity contribution is 7.99. The van der Waals surface area contributed by atoms with Crippen molar-refractivity contribution < 1.29 is 14.9 Å². The highest BCUT2D eigenvalue weighted by Gasteiger charge is 2.23. The molecule has 0 aliphatic carbocycles. The van der Waals surface area contributed by atoms with Crippen molar-refractivity contribution in [3.05, 3.63) is 5.89 Å². The molecule has 0 aromatic carbocycles. The molecule has 6 nitrogen and oxygen atoms in total. The molecule has 0 aliphatic rings. The van der Waals surface area contributed by atoms with Crippen molar-refractivity contribution in [3.63, 3.8) is 0 Å². The lowest BCUT2D eigenvalue weighted by molar-refractivity contribution is -0.444. The molecule has 0 spiro atoms. The lowest BCUT2D eigenvalue weighted by Gasteiger charge is -2.17. The zero-order valence-corrected chi connectivity index (χ0v) is 13.6. The molecule has 1 heterocycles. The van der Waals surface area contributed by atoms with Gasteiger partial charge in [0, 0.05) is 19.0 Å². The molecule has 2 atom stereocenters. The Morgan fingerprint density at radius 2 is 2.00 bits per heavy atom. The van der Waals surface area contributed by atoms with Gasteiger partial charge in [-0.15, -0.1) is 10.2 Å². The van der Waals surface area contributed by atoms with Crippen molar-refractivity contribution in [3.8, 4) is 0 Å². The number of rotatable bonds is 8. The summed E-state index contributed by atoms with van der Waals surface area (Å²) in [7, 11) is 0. The van der Waals surface area contributed by atoms with Crippen LogP contribution in [0.25, 0.3) is 0 Å². The van der Waals surface area contributed by atoms with E-state index in [1.807, 2.05) is 13.8 Å². The molecule has 0 radical (unpaired) electrons. The minimum atomic E-state index is 0.000309. The maximum atomic E-state index is 11.9. The Labute approximate surface area is 124 Å². The summed E-state index contributed by atoms with van der Waals surface area (Å²) in [6, 6.07) is 0.000309. The summed E-state index contributed by atoms with van der Waals surface area (Å²) < 4.78 is 5.57. The summed E-state index contributed by atoms with van der Waals surface area (Å²) in [6.45, 7) is 9.60. The van der Waals surface area contributed by atoms with Gasteiger partial charge in [-0.05, 0) is 20.3 Å². The number of quaternary nitrogens is 1. The number of carbonyl (C=O) groups excluding carboxylic acids is 1. The third kappa shape index (κ3) is 4.49. The summed E-state index contributed by atoms with van der Waals surface area (Å²) in [5.41, 5.74) is 4.06. The Hall–Kier alpha value is -1.08. The van der Waals surface area contributed by atoms with Crippen molar-refractivity contribution >= 4 is 17.7 Å². The molecule has 1 rings (SSSR count). The van der Waals surface area contributed by atoms with Crippen molar-refractivity contribution in [1.82, 2.24) is 15.1 Å². The van der Waals surface area contributed by atoms with E-state index in [1.54, 1.807) is 4.90 Å². The van der Waals surface area contributed by atoms with Crippen LogP contribution in [0.3, 0.4) is 0 Å². The molecular formula is C13H25N4O2S+. The zero-order chi connectivity index (χ0) is 15.1. The number of hydrogen-bond acceptors (Lipinski definition) is 5. The monoisotopic (exact) mass is 301 g/mol. The van der Waals surface area contributed by atoms with Gasteiger partial charge in [0.1, 0.15) is 0 Å². The molecule has 1 aromatic rings. The van der Waals surface area contributed by atoms with Crippen molar-refractivity contribution in [2.45, 2.75) is 45.4 Å². The van der Waals surface area contributed by atoms with Gasteiger partial charge in [0.25, 0.3) is 11.1 Å². The number of nitrogens with zero attached hydrogens (tertiary/aromatic N) is 3. The normalized spacial score (nSPS) is 14.1. The van der Waals surface area contributed by atoms with Gasteiger partial charge in [-0.1, -0.05) is 25.6 Å². The number of carbonyl (C=O) groups is 1. The molecule has 1 amide bonds. The number of thioether (sulfide) groups is 1. The molecule has 0 bridgehead atoms. The molecule has 0 saturated heterocycles. The molecule has 0 fully saturated rings. The van der Waals surface area contributed by atoms with Gasteiger partial charge in [-0.2, -0.15) is 0 Å². The van der Waals surface area contributed by atoms with E-state index in [0.29, 0.717) is 22.8 Å². The molecule has 7 heteroatoms. The summed E-state index contributed by atoms with van der Waals surface area (Å²) in [6.07, 6.45) is 1.01. The zero-order valence-electron chi connectivity index (χ0n) is 12.8. The maximum absolute atomic E-state index is 11.9. The topological polar surface area (TPSA) is 86.9 Å². The van der Waals surface area contributed by atoms with Gasteiger partial charge in [0.2, 0.25) is 5.91 Å². The molecule has 20 heavy (non-hydrogen) atoms. The second-order valence-electron chi connectivity index (χ2n) is 4.75. The first-order chi connectivity index (χ1) is 9.53. The second-order valence-corrected chi connectivity index (χ2v) is 5.68. The first-order valence-electron chi connectivity index (χ1n) is 7.10. The van der Waals surface area contributed by atoms with Crippen molar-refractivity contribution in [1.29, 1.82) is 0 Å². The predicted molar refractivity (Wildman–Crippen MR) is 78.0 cm³/mol. The SMILES string of the molecule is CC[C@@H](C)[C@H]([NH3+])c1nnc(SCC(=O)N(CC)CC)o1. The van der Waals surface area contributed by atoms with E-state index < -0.39 is 0 Å². The predicted octanol–water partition coefficient (Wildman–Crippen LogP) is 1.36. The Bertz CT molecular complexity index is 420. The van der Waals surface area contributed by atoms with Crippen LogP contribution in [0.4, 0.5) is 0 Å². The van der Waals surface area contributed by atoms with Gasteiger partial charge in [0.05, 0.1) is 5.75 Å². The molecule has 0 saturated carbocycles. The minimum Gasteiger partial charge on any atom is -0.410 e. The number of amides is 1. The lowest BCUT2D eigenvalue weighted by atomic mass is 10.0. The van der Waals surface area contributed by atoms with E-state index in [2.05, 4.69) is 29.8 Å². The highest BCUT2D eigenvalue weighted by atomic mass is 32.2. The van der Waals surface area contributed by atoms with Gasteiger partial charge >= 0.3 is 0 Å². The van der Waals surface area contributed by atoms with E-state index in [4.69, 9.17) is 4.42 Å². The molecular weight excluding hydrogens is 276 g/mol. The Balaban J connectivity index is 2.54. The van der Waals surface area contributed by atoms with Crippen LogP contribution in [0.2, 0.25) is 0 Å². The second kappa shape index (κ2) is 8.26. The van der Waals surface area contributed by atoms with E-state index in [9.17, 15) is 4.79 Å². The molecule has 0 aliphatic heterocycles. The highest BCUT2D eigenvalue weighted by Crippen LogP contribution is 2.23. The summed E-state index contributed by atoms with van der Waals surface area (Å²) in [5.74, 6) is 1.37. The maximum Gasteiger partial charge on any atom is 0.277 e. The van der Waals surface area contributed by atoms with Crippen LogP contribution in [0, 0.1) is 5.92 Å². The van der Waals surface area contributed by atoms with Crippen LogP contribution in [-0.4, -0.2) is 39.8 Å². The minimum absolute atomic E-state index is 0.000309. The molecule has 114 valence electrons. The van der Waals surface area contributed by atoms with Crippen molar-refractivity contribution in [2.75, 3.05) is 18.8 Å². The van der Waals surface area contributed by atoms with E-state index in [1.165, 1.54) is 11.8 Å². The van der Waals surface area contributed by atoms with Crippen LogP contribution >= 0.6 is 11.8 Å². The van der Waals surface area contributed by atoms with Gasteiger partial charge in [-0.25, -0.2) is 0 Å². The molecule has 3 N–H and O–H groups in total. The van der Waals surface area contributed by atoms with Crippen LogP contribution in [0.1, 0.15) is 46.0 Å². The number of aromatic nitrogens is 2. The van der Waals surface area contributed by atoms with Gasteiger partial charge in [0.15, 0.2) is 6.04 Å². The van der Waals surface area contributed by atoms with Crippen molar-refractivity contribution in [2.24, 2.45) is 5.92 Å². The summed E-state index contributed by atoms with van der Waals surface area (Å²) >= 11 is 1.29. The van der Waals surface area contributed by atoms with Gasteiger partial charge in [-0.3, -0.25) is 4.79 Å². The van der Waals surface area contributed by atoms with E-state index in [0.717, 1.165) is 19.5 Å². The quantitative estimate of drug-likeness (QED) is 0.733. The lowest BCUT2D eigenvalue weighted by Crippen LogP contribution is -2.56. The van der Waals surface area contributed by atoms with Crippen LogP contribution < -0.4 is 5.73 Å².